The minimum absolute atomic E-state index is 0.0129. The standard InChI is InChI=1S/C19H27N3O3S/c1-19(2,3)16-4-6-18(7-5-16)26(23,24)21-17-12-20-22(14-17)13-15-8-10-25-11-9-15/h4-7,12,14-15,21H,8-11,13H2,1-3H3. The van der Waals surface area contributed by atoms with Gasteiger partial charge in [-0.15, -0.1) is 0 Å². The smallest absolute Gasteiger partial charge is 0.261 e. The van der Waals surface area contributed by atoms with E-state index in [-0.39, 0.29) is 10.3 Å². The van der Waals surface area contributed by atoms with Crippen molar-refractivity contribution < 1.29 is 13.2 Å². The second-order valence-corrected chi connectivity index (χ2v) is 9.57. The van der Waals surface area contributed by atoms with Gasteiger partial charge < -0.3 is 4.74 Å². The Morgan fingerprint density at radius 2 is 1.85 bits per heavy atom. The molecule has 1 N–H and O–H groups in total. The third-order valence-corrected chi connectivity index (χ3v) is 6.10. The van der Waals surface area contributed by atoms with Gasteiger partial charge in [0.1, 0.15) is 0 Å². The molecule has 26 heavy (non-hydrogen) atoms. The van der Waals surface area contributed by atoms with Crippen molar-refractivity contribution in [3.63, 3.8) is 0 Å². The highest BCUT2D eigenvalue weighted by molar-refractivity contribution is 7.92. The normalized spacial score (nSPS) is 16.6. The van der Waals surface area contributed by atoms with Crippen molar-refractivity contribution in [2.75, 3.05) is 17.9 Å². The van der Waals surface area contributed by atoms with E-state index in [1.54, 1.807) is 29.2 Å². The van der Waals surface area contributed by atoms with E-state index in [9.17, 15) is 8.42 Å². The monoisotopic (exact) mass is 377 g/mol. The zero-order valence-corrected chi connectivity index (χ0v) is 16.4. The summed E-state index contributed by atoms with van der Waals surface area (Å²) in [6.07, 6.45) is 5.33. The number of nitrogens with one attached hydrogen (secondary N) is 1. The predicted molar refractivity (Wildman–Crippen MR) is 102 cm³/mol. The van der Waals surface area contributed by atoms with Crippen molar-refractivity contribution in [1.82, 2.24) is 9.78 Å². The molecule has 2 aromatic rings. The van der Waals surface area contributed by atoms with Crippen molar-refractivity contribution in [2.45, 2.75) is 50.5 Å². The Morgan fingerprint density at radius 3 is 2.46 bits per heavy atom. The van der Waals surface area contributed by atoms with Crippen LogP contribution in [0.15, 0.2) is 41.6 Å². The molecule has 142 valence electrons. The van der Waals surface area contributed by atoms with Gasteiger partial charge in [-0.3, -0.25) is 9.40 Å². The third kappa shape index (κ3) is 4.65. The summed E-state index contributed by atoms with van der Waals surface area (Å²) in [4.78, 5) is 0.252. The number of anilines is 1. The molecule has 7 heteroatoms. The molecule has 0 atom stereocenters. The maximum Gasteiger partial charge on any atom is 0.261 e. The van der Waals surface area contributed by atoms with E-state index in [1.807, 2.05) is 12.1 Å². The van der Waals surface area contributed by atoms with Gasteiger partial charge in [-0.05, 0) is 41.9 Å². The molecule has 1 aromatic heterocycles. The Labute approximate surface area is 155 Å². The Bertz CT molecular complexity index is 830. The summed E-state index contributed by atoms with van der Waals surface area (Å²) in [7, 11) is -3.62. The van der Waals surface area contributed by atoms with Crippen LogP contribution in [-0.4, -0.2) is 31.4 Å². The van der Waals surface area contributed by atoms with E-state index < -0.39 is 10.0 Å². The molecule has 2 heterocycles. The number of benzene rings is 1. The molecule has 6 nitrogen and oxygen atoms in total. The first-order chi connectivity index (χ1) is 12.2. The van der Waals surface area contributed by atoms with Crippen LogP contribution in [-0.2, 0) is 26.7 Å². The minimum atomic E-state index is -3.62. The van der Waals surface area contributed by atoms with Gasteiger partial charge in [0.2, 0.25) is 0 Å². The molecule has 1 fully saturated rings. The largest absolute Gasteiger partial charge is 0.381 e. The van der Waals surface area contributed by atoms with Gasteiger partial charge in [0.05, 0.1) is 16.8 Å². The molecule has 0 aliphatic carbocycles. The first-order valence-corrected chi connectivity index (χ1v) is 10.5. The van der Waals surface area contributed by atoms with Crippen molar-refractivity contribution >= 4 is 15.7 Å². The lowest BCUT2D eigenvalue weighted by molar-refractivity contribution is 0.0601. The first kappa shape index (κ1) is 18.9. The first-order valence-electron chi connectivity index (χ1n) is 8.98. The SMILES string of the molecule is CC(C)(C)c1ccc(S(=O)(=O)Nc2cnn(CC3CCOCC3)c2)cc1. The highest BCUT2D eigenvalue weighted by Gasteiger charge is 2.19. The molecule has 0 amide bonds. The van der Waals surface area contributed by atoms with Crippen molar-refractivity contribution in [2.24, 2.45) is 5.92 Å². The van der Waals surface area contributed by atoms with Gasteiger partial charge in [0.15, 0.2) is 0 Å². The quantitative estimate of drug-likeness (QED) is 0.867. The molecule has 0 saturated carbocycles. The summed E-state index contributed by atoms with van der Waals surface area (Å²) in [6.45, 7) is 8.65. The summed E-state index contributed by atoms with van der Waals surface area (Å²) in [5.74, 6) is 0.526. The van der Waals surface area contributed by atoms with Gasteiger partial charge >= 0.3 is 0 Å². The molecular weight excluding hydrogens is 350 g/mol. The number of rotatable bonds is 5. The lowest BCUT2D eigenvalue weighted by Gasteiger charge is -2.21. The molecule has 0 radical (unpaired) electrons. The van der Waals surface area contributed by atoms with Crippen LogP contribution in [0, 0.1) is 5.92 Å². The zero-order valence-electron chi connectivity index (χ0n) is 15.6. The molecule has 0 unspecified atom stereocenters. The number of nitrogens with zero attached hydrogens (tertiary/aromatic N) is 2. The van der Waals surface area contributed by atoms with Crippen LogP contribution in [0.3, 0.4) is 0 Å². The number of sulfonamides is 1. The van der Waals surface area contributed by atoms with Crippen LogP contribution in [0.5, 0.6) is 0 Å². The van der Waals surface area contributed by atoms with E-state index >= 15 is 0 Å². The van der Waals surface area contributed by atoms with E-state index in [2.05, 4.69) is 30.6 Å². The maximum absolute atomic E-state index is 12.6. The van der Waals surface area contributed by atoms with Crippen LogP contribution in [0.1, 0.15) is 39.2 Å². The number of hydrogen-bond donors (Lipinski definition) is 1. The number of hydrogen-bond acceptors (Lipinski definition) is 4. The van der Waals surface area contributed by atoms with Gasteiger partial charge in [0, 0.05) is 26.0 Å². The third-order valence-electron chi connectivity index (χ3n) is 4.70. The topological polar surface area (TPSA) is 73.2 Å². The predicted octanol–water partition coefficient (Wildman–Crippen LogP) is 3.41. The highest BCUT2D eigenvalue weighted by Crippen LogP contribution is 2.24. The van der Waals surface area contributed by atoms with Crippen LogP contribution in [0.4, 0.5) is 5.69 Å². The van der Waals surface area contributed by atoms with Crippen LogP contribution >= 0.6 is 0 Å². The Hall–Kier alpha value is -1.86. The van der Waals surface area contributed by atoms with Crippen molar-refractivity contribution in [1.29, 1.82) is 0 Å². The summed E-state index contributed by atoms with van der Waals surface area (Å²) < 4.78 is 35.0. The van der Waals surface area contributed by atoms with Crippen LogP contribution in [0.2, 0.25) is 0 Å². The fourth-order valence-electron chi connectivity index (χ4n) is 3.06. The highest BCUT2D eigenvalue weighted by atomic mass is 32.2. The van der Waals surface area contributed by atoms with E-state index in [0.29, 0.717) is 11.6 Å². The summed E-state index contributed by atoms with van der Waals surface area (Å²) in [6, 6.07) is 7.02. The molecule has 1 aromatic carbocycles. The second-order valence-electron chi connectivity index (χ2n) is 7.89. The summed E-state index contributed by atoms with van der Waals surface area (Å²) >= 11 is 0. The fraction of sp³-hybridized carbons (Fsp3) is 0.526. The van der Waals surface area contributed by atoms with Gasteiger partial charge in [-0.1, -0.05) is 32.9 Å². The lowest BCUT2D eigenvalue weighted by Crippen LogP contribution is -2.20. The summed E-state index contributed by atoms with van der Waals surface area (Å²) in [5.41, 5.74) is 1.57. The number of aromatic nitrogens is 2. The minimum Gasteiger partial charge on any atom is -0.381 e. The molecule has 1 aliphatic heterocycles. The van der Waals surface area contributed by atoms with E-state index in [1.165, 1.54) is 0 Å². The molecular formula is C19H27N3O3S. The Balaban J connectivity index is 1.67. The molecule has 3 rings (SSSR count). The molecule has 1 aliphatic rings. The molecule has 0 bridgehead atoms. The zero-order chi connectivity index (χ0) is 18.8. The maximum atomic E-state index is 12.6. The van der Waals surface area contributed by atoms with Crippen LogP contribution in [0.25, 0.3) is 0 Å². The van der Waals surface area contributed by atoms with Crippen molar-refractivity contribution in [3.05, 3.63) is 42.2 Å². The van der Waals surface area contributed by atoms with Gasteiger partial charge in [-0.25, -0.2) is 8.42 Å². The van der Waals surface area contributed by atoms with Crippen LogP contribution < -0.4 is 4.72 Å². The molecule has 0 spiro atoms. The fourth-order valence-corrected chi connectivity index (χ4v) is 4.09. The Kier molecular flexibility index (Phi) is 5.39. The average molecular weight is 378 g/mol. The average Bonchev–Trinajstić information content (AvgIpc) is 3.01. The van der Waals surface area contributed by atoms with Gasteiger partial charge in [0.25, 0.3) is 10.0 Å². The van der Waals surface area contributed by atoms with Gasteiger partial charge in [-0.2, -0.15) is 5.10 Å². The molecule has 1 saturated heterocycles. The number of ether oxygens (including phenoxy) is 1. The summed E-state index contributed by atoms with van der Waals surface area (Å²) in [5, 5.41) is 4.28. The van der Waals surface area contributed by atoms with E-state index in [0.717, 1.165) is 38.2 Å². The van der Waals surface area contributed by atoms with E-state index in [4.69, 9.17) is 4.74 Å². The lowest BCUT2D eigenvalue weighted by atomic mass is 9.87. The van der Waals surface area contributed by atoms with Crippen molar-refractivity contribution in [3.8, 4) is 0 Å². The second kappa shape index (κ2) is 7.40. The Morgan fingerprint density at radius 1 is 1.19 bits per heavy atom.